The van der Waals surface area contributed by atoms with Gasteiger partial charge in [0.1, 0.15) is 0 Å². The first kappa shape index (κ1) is 41.2. The van der Waals surface area contributed by atoms with Gasteiger partial charge in [0.15, 0.2) is 0 Å². The highest BCUT2D eigenvalue weighted by Crippen LogP contribution is 2.24. The fraction of sp³-hybridized carbons (Fsp3) is 0.925. The van der Waals surface area contributed by atoms with Crippen molar-refractivity contribution in [3.05, 3.63) is 12.7 Å². The molecule has 0 bridgehead atoms. The van der Waals surface area contributed by atoms with Crippen molar-refractivity contribution in [3.8, 4) is 0 Å². The summed E-state index contributed by atoms with van der Waals surface area (Å²) in [4.78, 5) is 16.0. The van der Waals surface area contributed by atoms with Crippen LogP contribution in [0.5, 0.6) is 0 Å². The standard InChI is InChI=1S/C40H79NO/c1-5-9-13-17-20-23-24-27-31-35-39(34-30-16-12-8-4)38-40(42)41(36-32-28-25-21-18-14-10-6-2)37-33-29-26-22-19-15-11-7-3/h6,39H,2,5,7-38H2,1,3-4H3. The first-order valence-electron chi connectivity index (χ1n) is 19.6. The van der Waals surface area contributed by atoms with Crippen LogP contribution in [0.25, 0.3) is 0 Å². The lowest BCUT2D eigenvalue weighted by Crippen LogP contribution is -2.34. The van der Waals surface area contributed by atoms with Crippen molar-refractivity contribution in [2.24, 2.45) is 5.92 Å². The maximum atomic E-state index is 13.7. The van der Waals surface area contributed by atoms with Gasteiger partial charge in [-0.3, -0.25) is 4.79 Å². The van der Waals surface area contributed by atoms with E-state index in [1.54, 1.807) is 0 Å². The zero-order valence-corrected chi connectivity index (χ0v) is 29.6. The Kier molecular flexibility index (Phi) is 34.0. The van der Waals surface area contributed by atoms with Gasteiger partial charge in [-0.2, -0.15) is 0 Å². The van der Waals surface area contributed by atoms with Gasteiger partial charge in [-0.25, -0.2) is 0 Å². The molecule has 0 rings (SSSR count). The number of carbonyl (C=O) groups is 1. The first-order valence-corrected chi connectivity index (χ1v) is 19.6. The van der Waals surface area contributed by atoms with Gasteiger partial charge in [-0.05, 0) is 44.4 Å². The van der Waals surface area contributed by atoms with E-state index in [9.17, 15) is 4.79 Å². The fourth-order valence-corrected chi connectivity index (χ4v) is 6.42. The number of nitrogens with zero attached hydrogens (tertiary/aromatic N) is 1. The van der Waals surface area contributed by atoms with E-state index in [1.165, 1.54) is 186 Å². The molecule has 0 heterocycles. The van der Waals surface area contributed by atoms with Crippen LogP contribution in [0.1, 0.15) is 220 Å². The molecule has 1 unspecified atom stereocenters. The monoisotopic (exact) mass is 590 g/mol. The summed E-state index contributed by atoms with van der Waals surface area (Å²) in [5, 5.41) is 0. The highest BCUT2D eigenvalue weighted by atomic mass is 16.2. The fourth-order valence-electron chi connectivity index (χ4n) is 6.42. The van der Waals surface area contributed by atoms with E-state index in [4.69, 9.17) is 0 Å². The maximum Gasteiger partial charge on any atom is 0.222 e. The third kappa shape index (κ3) is 29.3. The predicted octanol–water partition coefficient (Wildman–Crippen LogP) is 13.8. The van der Waals surface area contributed by atoms with Crippen LogP contribution >= 0.6 is 0 Å². The van der Waals surface area contributed by atoms with Crippen molar-refractivity contribution in [3.63, 3.8) is 0 Å². The van der Waals surface area contributed by atoms with Gasteiger partial charge >= 0.3 is 0 Å². The molecule has 0 N–H and O–H groups in total. The molecule has 250 valence electrons. The molecule has 0 aliphatic carbocycles. The van der Waals surface area contributed by atoms with Crippen LogP contribution in [0.2, 0.25) is 0 Å². The molecule has 0 fully saturated rings. The third-order valence-corrected chi connectivity index (χ3v) is 9.37. The molecule has 0 aromatic heterocycles. The second kappa shape index (κ2) is 34.7. The lowest BCUT2D eigenvalue weighted by atomic mass is 9.91. The quantitative estimate of drug-likeness (QED) is 0.0532. The number of hydrogen-bond donors (Lipinski definition) is 0. The van der Waals surface area contributed by atoms with Gasteiger partial charge in [-0.15, -0.1) is 6.58 Å². The SMILES string of the molecule is C=CCCCCCCCCN(CCCCCCCCCC)C(=O)CC(CCCCCC)CCCCCCCCCCC. The molecule has 0 saturated carbocycles. The Morgan fingerprint density at radius 2 is 0.833 bits per heavy atom. The molecule has 0 spiro atoms. The molecule has 0 saturated heterocycles. The Morgan fingerprint density at radius 1 is 0.500 bits per heavy atom. The van der Waals surface area contributed by atoms with E-state index >= 15 is 0 Å². The van der Waals surface area contributed by atoms with E-state index < -0.39 is 0 Å². The lowest BCUT2D eigenvalue weighted by molar-refractivity contribution is -0.132. The van der Waals surface area contributed by atoms with Crippen LogP contribution in [0.15, 0.2) is 12.7 Å². The van der Waals surface area contributed by atoms with Gasteiger partial charge in [0.05, 0.1) is 0 Å². The number of allylic oxidation sites excluding steroid dienone is 1. The maximum absolute atomic E-state index is 13.7. The summed E-state index contributed by atoms with van der Waals surface area (Å²) >= 11 is 0. The molecule has 0 aromatic rings. The van der Waals surface area contributed by atoms with Crippen molar-refractivity contribution in [1.82, 2.24) is 4.90 Å². The van der Waals surface area contributed by atoms with Crippen molar-refractivity contribution in [2.75, 3.05) is 13.1 Å². The molecule has 0 radical (unpaired) electrons. The average Bonchev–Trinajstić information content (AvgIpc) is 2.99. The zero-order valence-electron chi connectivity index (χ0n) is 29.6. The van der Waals surface area contributed by atoms with Crippen LogP contribution in [-0.2, 0) is 4.79 Å². The Hall–Kier alpha value is -0.790. The Balaban J connectivity index is 4.69. The van der Waals surface area contributed by atoms with E-state index in [-0.39, 0.29) is 0 Å². The third-order valence-electron chi connectivity index (χ3n) is 9.37. The van der Waals surface area contributed by atoms with E-state index in [0.29, 0.717) is 11.8 Å². The Bertz CT molecular complexity index is 544. The van der Waals surface area contributed by atoms with Crippen molar-refractivity contribution >= 4 is 5.91 Å². The number of carbonyl (C=O) groups excluding carboxylic acids is 1. The molecule has 2 nitrogen and oxygen atoms in total. The van der Waals surface area contributed by atoms with Crippen molar-refractivity contribution < 1.29 is 4.79 Å². The predicted molar refractivity (Wildman–Crippen MR) is 190 cm³/mol. The number of rotatable bonds is 35. The van der Waals surface area contributed by atoms with E-state index in [2.05, 4.69) is 32.3 Å². The molecular formula is C40H79NO. The summed E-state index contributed by atoms with van der Waals surface area (Å²) in [6.45, 7) is 12.7. The minimum absolute atomic E-state index is 0.473. The largest absolute Gasteiger partial charge is 0.343 e. The molecule has 42 heavy (non-hydrogen) atoms. The summed E-state index contributed by atoms with van der Waals surface area (Å²) in [5.41, 5.74) is 0. The molecule has 0 aliphatic rings. The van der Waals surface area contributed by atoms with Crippen LogP contribution in [0, 0.1) is 5.92 Å². The second-order valence-electron chi connectivity index (χ2n) is 13.6. The van der Waals surface area contributed by atoms with Gasteiger partial charge in [0.2, 0.25) is 5.91 Å². The summed E-state index contributed by atoms with van der Waals surface area (Å²) in [6.07, 6.45) is 42.7. The zero-order chi connectivity index (χ0) is 30.8. The number of unbranched alkanes of at least 4 members (excludes halogenated alkanes) is 24. The Labute approximate surface area is 266 Å². The normalized spacial score (nSPS) is 12.1. The first-order chi connectivity index (χ1) is 20.7. The topological polar surface area (TPSA) is 20.3 Å². The van der Waals surface area contributed by atoms with Gasteiger partial charge < -0.3 is 4.90 Å². The average molecular weight is 590 g/mol. The highest BCUT2D eigenvalue weighted by Gasteiger charge is 2.19. The molecule has 0 aromatic carbocycles. The molecule has 1 atom stereocenters. The van der Waals surface area contributed by atoms with Crippen LogP contribution in [0.3, 0.4) is 0 Å². The molecular weight excluding hydrogens is 510 g/mol. The van der Waals surface area contributed by atoms with Crippen LogP contribution in [-0.4, -0.2) is 23.9 Å². The van der Waals surface area contributed by atoms with Gasteiger partial charge in [0, 0.05) is 19.5 Å². The van der Waals surface area contributed by atoms with Crippen molar-refractivity contribution in [2.45, 2.75) is 220 Å². The van der Waals surface area contributed by atoms with Crippen LogP contribution < -0.4 is 0 Å². The van der Waals surface area contributed by atoms with Crippen molar-refractivity contribution in [1.29, 1.82) is 0 Å². The molecule has 0 aliphatic heterocycles. The minimum Gasteiger partial charge on any atom is -0.343 e. The molecule has 2 heteroatoms. The van der Waals surface area contributed by atoms with Gasteiger partial charge in [0.25, 0.3) is 0 Å². The Morgan fingerprint density at radius 3 is 1.24 bits per heavy atom. The lowest BCUT2D eigenvalue weighted by Gasteiger charge is -2.26. The minimum atomic E-state index is 0.473. The summed E-state index contributed by atoms with van der Waals surface area (Å²) in [7, 11) is 0. The second-order valence-corrected chi connectivity index (χ2v) is 13.6. The summed E-state index contributed by atoms with van der Waals surface area (Å²) in [5.74, 6) is 1.07. The molecule has 1 amide bonds. The van der Waals surface area contributed by atoms with E-state index in [1.807, 2.05) is 6.08 Å². The summed E-state index contributed by atoms with van der Waals surface area (Å²) in [6, 6.07) is 0. The highest BCUT2D eigenvalue weighted by molar-refractivity contribution is 5.76. The smallest absolute Gasteiger partial charge is 0.222 e. The van der Waals surface area contributed by atoms with E-state index in [0.717, 1.165) is 25.9 Å². The van der Waals surface area contributed by atoms with Gasteiger partial charge in [-0.1, -0.05) is 181 Å². The number of amides is 1. The number of hydrogen-bond acceptors (Lipinski definition) is 1. The van der Waals surface area contributed by atoms with Crippen LogP contribution in [0.4, 0.5) is 0 Å². The summed E-state index contributed by atoms with van der Waals surface area (Å²) < 4.78 is 0.